The smallest absolute Gasteiger partial charge is 0.269 e. The van der Waals surface area contributed by atoms with Gasteiger partial charge in [0, 0.05) is 11.5 Å². The average Bonchev–Trinajstić information content (AvgIpc) is 2.47. The number of rotatable bonds is 3. The Bertz CT molecular complexity index is 871. The molecule has 105 valence electrons. The lowest BCUT2D eigenvalue weighted by Gasteiger charge is -2.22. The Morgan fingerprint density at radius 1 is 0.905 bits per heavy atom. The van der Waals surface area contributed by atoms with E-state index in [1.54, 1.807) is 36.4 Å². The topological polar surface area (TPSA) is 57.6 Å². The third kappa shape index (κ3) is 2.61. The van der Waals surface area contributed by atoms with Gasteiger partial charge in [-0.2, -0.15) is 8.42 Å². The highest BCUT2D eigenvalue weighted by Gasteiger charge is 2.23. The Morgan fingerprint density at radius 3 is 2.33 bits per heavy atom. The molecule has 0 saturated carbocycles. The summed E-state index contributed by atoms with van der Waals surface area (Å²) in [4.78, 5) is 0. The van der Waals surface area contributed by atoms with Crippen LogP contribution in [0, 0.1) is 6.07 Å². The first-order valence-corrected chi connectivity index (χ1v) is 7.69. The predicted octanol–water partition coefficient (Wildman–Crippen LogP) is 3.58. The van der Waals surface area contributed by atoms with Crippen LogP contribution in [-0.4, -0.2) is 13.0 Å². The molecule has 0 fully saturated rings. The zero-order valence-corrected chi connectivity index (χ0v) is 11.8. The number of benzene rings is 3. The fourth-order valence-corrected chi connectivity index (χ4v) is 3.04. The Balaban J connectivity index is 2.31. The van der Waals surface area contributed by atoms with Gasteiger partial charge in [-0.15, -0.1) is 0 Å². The first-order chi connectivity index (χ1) is 10.1. The molecule has 0 unspecified atom stereocenters. The minimum absolute atomic E-state index is 0.261. The molecule has 1 N–H and O–H groups in total. The molecule has 5 heteroatoms. The van der Waals surface area contributed by atoms with E-state index in [0.29, 0.717) is 5.69 Å². The van der Waals surface area contributed by atoms with Crippen molar-refractivity contribution >= 4 is 32.5 Å². The lowest BCUT2D eigenvalue weighted by atomic mass is 10.1. The van der Waals surface area contributed by atoms with E-state index in [4.69, 9.17) is 0 Å². The molecule has 3 aromatic rings. The second-order valence-electron chi connectivity index (χ2n) is 4.49. The largest absolute Gasteiger partial charge is 0.364 e. The van der Waals surface area contributed by atoms with Crippen LogP contribution in [0.25, 0.3) is 10.8 Å². The summed E-state index contributed by atoms with van der Waals surface area (Å²) in [6, 6.07) is 22.1. The quantitative estimate of drug-likeness (QED) is 0.752. The molecule has 0 spiro atoms. The van der Waals surface area contributed by atoms with Crippen LogP contribution in [0.3, 0.4) is 0 Å². The number of hydrogen-bond donors (Lipinski definition) is 1. The minimum Gasteiger partial charge on any atom is -0.269 e. The van der Waals surface area contributed by atoms with Gasteiger partial charge in [-0.05, 0) is 17.5 Å². The van der Waals surface area contributed by atoms with E-state index in [2.05, 4.69) is 6.07 Å². The number of fused-ring (bicyclic) bond motifs is 1. The van der Waals surface area contributed by atoms with Crippen LogP contribution in [0.1, 0.15) is 0 Å². The van der Waals surface area contributed by atoms with E-state index >= 15 is 0 Å². The van der Waals surface area contributed by atoms with Crippen LogP contribution < -0.4 is 4.31 Å². The second-order valence-corrected chi connectivity index (χ2v) is 5.75. The van der Waals surface area contributed by atoms with Gasteiger partial charge < -0.3 is 0 Å². The van der Waals surface area contributed by atoms with Gasteiger partial charge in [0.1, 0.15) is 0 Å². The van der Waals surface area contributed by atoms with Gasteiger partial charge in [0.15, 0.2) is 0 Å². The van der Waals surface area contributed by atoms with E-state index in [1.807, 2.05) is 30.3 Å². The summed E-state index contributed by atoms with van der Waals surface area (Å²) in [5.74, 6) is 0. The van der Waals surface area contributed by atoms with Crippen molar-refractivity contribution in [3.8, 4) is 0 Å². The molecular formula is C16H12NO3S. The third-order valence-electron chi connectivity index (χ3n) is 3.13. The standard InChI is InChI=1S/C16H12NO3S/c18-21(19,20)17(14-9-2-1-3-10-14)16-12-6-8-13-7-4-5-11-15(13)16/h1-9,11-12H,(H,18,19,20). The monoisotopic (exact) mass is 298 g/mol. The van der Waals surface area contributed by atoms with Crippen LogP contribution in [0.2, 0.25) is 0 Å². The molecule has 0 aliphatic carbocycles. The number of nitrogens with zero attached hydrogens (tertiary/aromatic N) is 1. The van der Waals surface area contributed by atoms with Gasteiger partial charge >= 0.3 is 10.3 Å². The van der Waals surface area contributed by atoms with Gasteiger partial charge in [-0.1, -0.05) is 54.6 Å². The number of hydrogen-bond acceptors (Lipinski definition) is 2. The second kappa shape index (κ2) is 5.20. The van der Waals surface area contributed by atoms with E-state index in [-0.39, 0.29) is 5.69 Å². The SMILES string of the molecule is O=S(=O)(O)N(c1[c]cccc1)c1cccc2ccccc12. The molecule has 0 aliphatic rings. The van der Waals surface area contributed by atoms with Crippen LogP contribution in [0.5, 0.6) is 0 Å². The highest BCUT2D eigenvalue weighted by molar-refractivity contribution is 7.87. The van der Waals surface area contributed by atoms with Gasteiger partial charge in [-0.25, -0.2) is 4.31 Å². The molecular weight excluding hydrogens is 286 g/mol. The Labute approximate surface area is 123 Å². The van der Waals surface area contributed by atoms with Crippen molar-refractivity contribution in [1.82, 2.24) is 0 Å². The minimum atomic E-state index is -4.46. The molecule has 0 heterocycles. The fraction of sp³-hybridized carbons (Fsp3) is 0. The van der Waals surface area contributed by atoms with Crippen molar-refractivity contribution in [3.63, 3.8) is 0 Å². The lowest BCUT2D eigenvalue weighted by Crippen LogP contribution is -2.25. The molecule has 0 amide bonds. The van der Waals surface area contributed by atoms with Gasteiger partial charge in [-0.3, -0.25) is 4.55 Å². The van der Waals surface area contributed by atoms with Crippen molar-refractivity contribution in [2.45, 2.75) is 0 Å². The van der Waals surface area contributed by atoms with E-state index in [9.17, 15) is 13.0 Å². The number of anilines is 2. The third-order valence-corrected chi connectivity index (χ3v) is 3.98. The Hall–Kier alpha value is -2.37. The summed E-state index contributed by atoms with van der Waals surface area (Å²) >= 11 is 0. The van der Waals surface area contributed by atoms with Crippen molar-refractivity contribution in [1.29, 1.82) is 0 Å². The summed E-state index contributed by atoms with van der Waals surface area (Å²) in [6.45, 7) is 0. The molecule has 0 aromatic heterocycles. The summed E-state index contributed by atoms with van der Waals surface area (Å²) < 4.78 is 34.2. The zero-order valence-electron chi connectivity index (χ0n) is 11.0. The van der Waals surface area contributed by atoms with E-state index < -0.39 is 10.3 Å². The van der Waals surface area contributed by atoms with E-state index in [1.165, 1.54) is 0 Å². The summed E-state index contributed by atoms with van der Waals surface area (Å²) in [5.41, 5.74) is 0.648. The maximum Gasteiger partial charge on any atom is 0.364 e. The van der Waals surface area contributed by atoms with Crippen LogP contribution in [0.15, 0.2) is 66.7 Å². The zero-order chi connectivity index (χ0) is 14.9. The molecule has 0 atom stereocenters. The fourth-order valence-electron chi connectivity index (χ4n) is 2.27. The van der Waals surface area contributed by atoms with E-state index in [0.717, 1.165) is 15.1 Å². The highest BCUT2D eigenvalue weighted by atomic mass is 32.2. The molecule has 21 heavy (non-hydrogen) atoms. The molecule has 0 aliphatic heterocycles. The molecule has 0 bridgehead atoms. The van der Waals surface area contributed by atoms with Crippen LogP contribution in [0.4, 0.5) is 11.4 Å². The molecule has 4 nitrogen and oxygen atoms in total. The van der Waals surface area contributed by atoms with Crippen molar-refractivity contribution in [2.24, 2.45) is 0 Å². The normalized spacial score (nSPS) is 11.5. The van der Waals surface area contributed by atoms with Crippen molar-refractivity contribution < 1.29 is 13.0 Å². The molecule has 3 aromatic carbocycles. The van der Waals surface area contributed by atoms with Crippen molar-refractivity contribution in [2.75, 3.05) is 4.31 Å². The Kier molecular flexibility index (Phi) is 3.37. The van der Waals surface area contributed by atoms with Gasteiger partial charge in [0.25, 0.3) is 0 Å². The van der Waals surface area contributed by atoms with Crippen LogP contribution >= 0.6 is 0 Å². The molecule has 3 rings (SSSR count). The van der Waals surface area contributed by atoms with Gasteiger partial charge in [0.2, 0.25) is 0 Å². The maximum absolute atomic E-state index is 11.8. The highest BCUT2D eigenvalue weighted by Crippen LogP contribution is 2.33. The predicted molar refractivity (Wildman–Crippen MR) is 82.9 cm³/mol. The first-order valence-electron chi connectivity index (χ1n) is 6.29. The lowest BCUT2D eigenvalue weighted by molar-refractivity contribution is 0.483. The molecule has 0 saturated heterocycles. The maximum atomic E-state index is 11.8. The summed E-state index contributed by atoms with van der Waals surface area (Å²) in [6.07, 6.45) is 0. The van der Waals surface area contributed by atoms with Crippen molar-refractivity contribution in [3.05, 3.63) is 72.8 Å². The number of para-hydroxylation sites is 1. The van der Waals surface area contributed by atoms with Gasteiger partial charge in [0.05, 0.1) is 11.4 Å². The first kappa shape index (κ1) is 13.6. The van der Waals surface area contributed by atoms with Crippen LogP contribution in [-0.2, 0) is 10.3 Å². The Morgan fingerprint density at radius 2 is 1.62 bits per heavy atom. The average molecular weight is 298 g/mol. The summed E-state index contributed by atoms with van der Waals surface area (Å²) in [5, 5.41) is 1.62. The summed E-state index contributed by atoms with van der Waals surface area (Å²) in [7, 11) is -4.46. The molecule has 1 radical (unpaired) electrons.